The van der Waals surface area contributed by atoms with Crippen molar-refractivity contribution in [1.82, 2.24) is 0 Å². The molecule has 0 aliphatic rings. The smallest absolute Gasteiger partial charge is 0.485 e. The van der Waals surface area contributed by atoms with Crippen molar-refractivity contribution in [3.63, 3.8) is 0 Å². The van der Waals surface area contributed by atoms with Gasteiger partial charge in [-0.2, -0.15) is 13.2 Å². The molecule has 0 amide bonds. The average molecular weight is 456 g/mol. The van der Waals surface area contributed by atoms with Crippen LogP contribution >= 0.6 is 0 Å². The van der Waals surface area contributed by atoms with Gasteiger partial charge in [-0.3, -0.25) is 0 Å². The lowest BCUT2D eigenvalue weighted by Crippen LogP contribution is -2.21. The lowest BCUT2D eigenvalue weighted by molar-refractivity contribution is -0.0517. The zero-order valence-corrected chi connectivity index (χ0v) is 16.7. The molecule has 0 bridgehead atoms. The Kier molecular flexibility index (Phi) is 7.65. The monoisotopic (exact) mass is 456 g/mol. The lowest BCUT2D eigenvalue weighted by atomic mass is 10.2. The van der Waals surface area contributed by atoms with Crippen molar-refractivity contribution in [2.75, 3.05) is 0 Å². The number of rotatable bonds is 4. The minimum absolute atomic E-state index is 0.229. The Morgan fingerprint density at radius 2 is 1.10 bits per heavy atom. The van der Waals surface area contributed by atoms with Crippen molar-refractivity contribution in [2.24, 2.45) is 0 Å². The number of carbonyl (C=O) groups is 1. The summed E-state index contributed by atoms with van der Waals surface area (Å²) in [6.07, 6.45) is 0. The highest BCUT2D eigenvalue weighted by Crippen LogP contribution is 2.31. The van der Waals surface area contributed by atoms with Gasteiger partial charge in [0.25, 0.3) is 0 Å². The van der Waals surface area contributed by atoms with Crippen LogP contribution in [0.25, 0.3) is 0 Å². The van der Waals surface area contributed by atoms with Gasteiger partial charge in [-0.15, -0.1) is 0 Å². The van der Waals surface area contributed by atoms with E-state index in [1.54, 1.807) is 12.1 Å². The summed E-state index contributed by atoms with van der Waals surface area (Å²) in [5.41, 5.74) is -5.33. The summed E-state index contributed by atoms with van der Waals surface area (Å²) in [6, 6.07) is 27.7. The highest BCUT2D eigenvalue weighted by molar-refractivity contribution is 7.97. The first-order valence-electron chi connectivity index (χ1n) is 8.20. The van der Waals surface area contributed by atoms with E-state index in [-0.39, 0.29) is 10.9 Å². The number of hydrogen-bond donors (Lipinski definition) is 1. The summed E-state index contributed by atoms with van der Waals surface area (Å²) in [4.78, 5) is 14.6. The summed E-state index contributed by atoms with van der Waals surface area (Å²) in [5, 5.41) is 9.05. The Hall–Kier alpha value is -2.82. The van der Waals surface area contributed by atoms with Gasteiger partial charge in [0.1, 0.15) is 0 Å². The van der Waals surface area contributed by atoms with Crippen LogP contribution in [0.1, 0.15) is 10.4 Å². The summed E-state index contributed by atoms with van der Waals surface area (Å²) in [6.45, 7) is 0. The Balaban J connectivity index is 0.000000343. The van der Waals surface area contributed by atoms with Crippen LogP contribution < -0.4 is 0 Å². The summed E-state index contributed by atoms with van der Waals surface area (Å²) >= 11 is 0. The van der Waals surface area contributed by atoms with Crippen LogP contribution in [-0.4, -0.2) is 29.6 Å². The number of hydrogen-bond acceptors (Lipinski definition) is 4. The Labute approximate surface area is 173 Å². The molecule has 3 rings (SSSR count). The second kappa shape index (κ2) is 9.79. The number of benzene rings is 3. The molecule has 0 heterocycles. The normalized spacial score (nSPS) is 11.5. The van der Waals surface area contributed by atoms with Crippen LogP contribution in [0.2, 0.25) is 0 Å². The van der Waals surface area contributed by atoms with Gasteiger partial charge in [-0.05, 0) is 48.5 Å². The van der Waals surface area contributed by atoms with Crippen LogP contribution in [0.5, 0.6) is 0 Å². The number of halogens is 3. The van der Waals surface area contributed by atoms with Crippen LogP contribution in [-0.2, 0) is 21.0 Å². The van der Waals surface area contributed by atoms with E-state index in [1.807, 2.05) is 48.5 Å². The number of aromatic carboxylic acids is 1. The van der Waals surface area contributed by atoms with Gasteiger partial charge in [-0.25, -0.2) is 13.2 Å². The largest absolute Gasteiger partial charge is 0.741 e. The Morgan fingerprint density at radius 3 is 1.40 bits per heavy atom. The topological polar surface area (TPSA) is 94.5 Å². The van der Waals surface area contributed by atoms with Crippen LogP contribution in [0.15, 0.2) is 99.6 Å². The first-order chi connectivity index (χ1) is 14.0. The summed E-state index contributed by atoms with van der Waals surface area (Å²) < 4.78 is 58.9. The number of carboxylic acids is 1. The van der Waals surface area contributed by atoms with E-state index in [9.17, 15) is 18.0 Å². The van der Waals surface area contributed by atoms with Crippen molar-refractivity contribution < 1.29 is 36.0 Å². The maximum Gasteiger partial charge on any atom is 0.485 e. The summed E-state index contributed by atoms with van der Waals surface area (Å²) in [5.74, 6) is -0.897. The first-order valence-corrected chi connectivity index (χ1v) is 10.8. The molecule has 0 atom stereocenters. The predicted octanol–water partition coefficient (Wildman–Crippen LogP) is 4.53. The molecule has 0 aliphatic heterocycles. The van der Waals surface area contributed by atoms with Crippen LogP contribution in [0.4, 0.5) is 13.2 Å². The molecule has 0 unspecified atom stereocenters. The zero-order valence-electron chi connectivity index (χ0n) is 15.1. The molecule has 0 saturated carbocycles. The first kappa shape index (κ1) is 23.5. The van der Waals surface area contributed by atoms with Crippen molar-refractivity contribution in [3.05, 3.63) is 90.5 Å². The molecule has 0 saturated heterocycles. The van der Waals surface area contributed by atoms with Crippen molar-refractivity contribution in [1.29, 1.82) is 0 Å². The summed E-state index contributed by atoms with van der Waals surface area (Å²) in [7, 11) is -6.32. The predicted molar refractivity (Wildman–Crippen MR) is 104 cm³/mol. The molecule has 10 heteroatoms. The van der Waals surface area contributed by atoms with Gasteiger partial charge in [0.05, 0.1) is 16.5 Å². The molecule has 3 aromatic rings. The fraction of sp³-hybridized carbons (Fsp3) is 0.0500. The number of alkyl halides is 3. The van der Waals surface area contributed by atoms with Crippen molar-refractivity contribution in [3.8, 4) is 0 Å². The molecule has 0 aliphatic carbocycles. The van der Waals surface area contributed by atoms with Crippen LogP contribution in [0.3, 0.4) is 0 Å². The van der Waals surface area contributed by atoms with Gasteiger partial charge in [0.2, 0.25) is 0 Å². The van der Waals surface area contributed by atoms with Gasteiger partial charge < -0.3 is 9.66 Å². The van der Waals surface area contributed by atoms with E-state index in [1.165, 1.54) is 9.79 Å². The average Bonchev–Trinajstić information content (AvgIpc) is 2.69. The second-order valence-corrected chi connectivity index (χ2v) is 9.06. The number of carboxylic acid groups (broad SMARTS) is 1. The molecule has 30 heavy (non-hydrogen) atoms. The van der Waals surface area contributed by atoms with E-state index in [4.69, 9.17) is 18.1 Å². The fourth-order valence-electron chi connectivity index (χ4n) is 2.25. The van der Waals surface area contributed by atoms with E-state index in [2.05, 4.69) is 24.3 Å². The molecule has 1 N–H and O–H groups in total. The molecule has 0 radical (unpaired) electrons. The van der Waals surface area contributed by atoms with E-state index >= 15 is 0 Å². The second-order valence-electron chi connectivity index (χ2n) is 5.66. The molecule has 0 spiro atoms. The SMILES string of the molecule is O=C(O)c1ccc([S+](c2ccccc2)c2ccccc2)cc1.O=S(=O)([O-])C(F)(F)F. The van der Waals surface area contributed by atoms with E-state index in [0.717, 1.165) is 4.90 Å². The van der Waals surface area contributed by atoms with Gasteiger partial charge in [0, 0.05) is 0 Å². The third-order valence-electron chi connectivity index (χ3n) is 3.58. The highest BCUT2D eigenvalue weighted by atomic mass is 32.2. The third-order valence-corrected chi connectivity index (χ3v) is 6.38. The minimum atomic E-state index is -6.09. The Morgan fingerprint density at radius 1 is 0.767 bits per heavy atom. The fourth-order valence-corrected chi connectivity index (χ4v) is 4.34. The maximum atomic E-state index is 11.0. The van der Waals surface area contributed by atoms with Crippen molar-refractivity contribution >= 4 is 27.0 Å². The molecule has 0 aromatic heterocycles. The van der Waals surface area contributed by atoms with Crippen molar-refractivity contribution in [2.45, 2.75) is 20.2 Å². The van der Waals surface area contributed by atoms with E-state index in [0.29, 0.717) is 5.56 Å². The molecule has 0 fully saturated rings. The van der Waals surface area contributed by atoms with Gasteiger partial charge in [-0.1, -0.05) is 36.4 Å². The lowest BCUT2D eigenvalue weighted by Gasteiger charge is -2.08. The van der Waals surface area contributed by atoms with Crippen LogP contribution in [0, 0.1) is 0 Å². The maximum absolute atomic E-state index is 11.0. The van der Waals surface area contributed by atoms with Gasteiger partial charge >= 0.3 is 11.5 Å². The third kappa shape index (κ3) is 6.34. The zero-order chi connectivity index (χ0) is 22.4. The molecule has 5 nitrogen and oxygen atoms in total. The Bertz CT molecular complexity index is 1030. The quantitative estimate of drug-likeness (QED) is 0.354. The standard InChI is InChI=1S/C19H14O2S.CHF3O3S/c20-19(21)15-11-13-18(14-12-15)22(16-7-3-1-4-8-16)17-9-5-2-6-10-17;2-1(3,4)8(5,6)7/h1-14H;(H,5,6,7). The molecule has 158 valence electrons. The molecular weight excluding hydrogens is 441 g/mol. The molecule has 3 aromatic carbocycles. The van der Waals surface area contributed by atoms with E-state index < -0.39 is 21.6 Å². The highest BCUT2D eigenvalue weighted by Gasteiger charge is 2.37. The van der Waals surface area contributed by atoms with Gasteiger partial charge in [0.15, 0.2) is 24.8 Å². The minimum Gasteiger partial charge on any atom is -0.741 e. The molecular formula is C20H15F3O5S2.